The van der Waals surface area contributed by atoms with Gasteiger partial charge in [0.25, 0.3) is 0 Å². The molecule has 0 amide bonds. The number of aliphatic hydroxyl groups excluding tert-OH is 1. The molecule has 4 heteroatoms. The van der Waals surface area contributed by atoms with Crippen LogP contribution in [0.3, 0.4) is 0 Å². The van der Waals surface area contributed by atoms with Crippen molar-refractivity contribution in [3.63, 3.8) is 0 Å². The van der Waals surface area contributed by atoms with Gasteiger partial charge in [-0.05, 0) is 111 Å². The smallest absolute Gasteiger partial charge is 0.310 e. The van der Waals surface area contributed by atoms with Crippen molar-refractivity contribution >= 4 is 5.97 Å². The highest BCUT2D eigenvalue weighted by atomic mass is 16.4. The fourth-order valence-corrected chi connectivity index (χ4v) is 10.4. The van der Waals surface area contributed by atoms with Gasteiger partial charge < -0.3 is 15.3 Å². The molecule has 5 aliphatic carbocycles. The highest BCUT2D eigenvalue weighted by Crippen LogP contribution is 2.75. The number of allylic oxidation sites excluding steroid dienone is 2. The van der Waals surface area contributed by atoms with E-state index in [1.165, 1.54) is 5.57 Å². The number of hydrogen-bond donors (Lipinski definition) is 3. The Morgan fingerprint density at radius 3 is 2.24 bits per heavy atom. The number of carbonyl (C=O) groups is 1. The SMILES string of the molecule is CC1(O)CCC2(C(=O)O)CCC3(C)C(=CCC4C5(C)CCC(O)C(C)(C)C5CCC43C)C2C1. The van der Waals surface area contributed by atoms with Crippen LogP contribution in [0.2, 0.25) is 0 Å². The summed E-state index contributed by atoms with van der Waals surface area (Å²) in [6.45, 7) is 13.9. The molecule has 0 spiro atoms. The van der Waals surface area contributed by atoms with Gasteiger partial charge in [0.2, 0.25) is 0 Å². The molecule has 4 fully saturated rings. The third kappa shape index (κ3) is 2.86. The molecule has 0 radical (unpaired) electrons. The summed E-state index contributed by atoms with van der Waals surface area (Å²) in [5, 5.41) is 32.3. The number of aliphatic carboxylic acids is 1. The molecule has 3 N–H and O–H groups in total. The maximum Gasteiger partial charge on any atom is 0.310 e. The normalized spacial score (nSPS) is 55.3. The summed E-state index contributed by atoms with van der Waals surface area (Å²) in [4.78, 5) is 12.7. The lowest BCUT2D eigenvalue weighted by Crippen LogP contribution is -2.65. The van der Waals surface area contributed by atoms with Crippen molar-refractivity contribution in [1.82, 2.24) is 0 Å². The minimum atomic E-state index is -0.784. The number of aliphatic hydroxyl groups is 2. The van der Waals surface area contributed by atoms with E-state index in [4.69, 9.17) is 0 Å². The van der Waals surface area contributed by atoms with Gasteiger partial charge in [-0.3, -0.25) is 4.79 Å². The van der Waals surface area contributed by atoms with E-state index in [1.54, 1.807) is 0 Å². The minimum Gasteiger partial charge on any atom is -0.481 e. The molecule has 0 aromatic carbocycles. The van der Waals surface area contributed by atoms with Crippen LogP contribution in [0.1, 0.15) is 106 Å². The van der Waals surface area contributed by atoms with Crippen molar-refractivity contribution in [3.8, 4) is 0 Å². The Bertz CT molecular complexity index is 888. The molecule has 0 aliphatic heterocycles. The first-order chi connectivity index (χ1) is 15.1. The summed E-state index contributed by atoms with van der Waals surface area (Å²) in [5.41, 5.74) is 0.0807. The van der Waals surface area contributed by atoms with Crippen LogP contribution in [-0.2, 0) is 4.79 Å². The van der Waals surface area contributed by atoms with Crippen LogP contribution in [-0.4, -0.2) is 33.0 Å². The Morgan fingerprint density at radius 1 is 0.909 bits per heavy atom. The lowest BCUT2D eigenvalue weighted by molar-refractivity contribution is -0.207. The maximum atomic E-state index is 12.7. The molecule has 0 saturated heterocycles. The van der Waals surface area contributed by atoms with Crippen LogP contribution >= 0.6 is 0 Å². The van der Waals surface area contributed by atoms with E-state index in [9.17, 15) is 20.1 Å². The monoisotopic (exact) mass is 458 g/mol. The molecule has 186 valence electrons. The standard InChI is InChI=1S/C29H46O4/c1-24(2)20-9-12-28(6)21(26(20,4)11-10-22(24)30)8-7-18-19-17-25(3,33)13-15-29(19,23(31)32)16-14-27(18,28)5/h7,19-22,30,33H,8-17H2,1-6H3,(H,31,32). The number of rotatable bonds is 1. The Hall–Kier alpha value is -0.870. The van der Waals surface area contributed by atoms with E-state index in [2.05, 4.69) is 40.7 Å². The predicted molar refractivity (Wildman–Crippen MR) is 130 cm³/mol. The molecule has 0 aromatic rings. The maximum absolute atomic E-state index is 12.7. The first kappa shape index (κ1) is 23.9. The first-order valence-electron chi connectivity index (χ1n) is 13.5. The van der Waals surface area contributed by atoms with Crippen LogP contribution in [0.5, 0.6) is 0 Å². The van der Waals surface area contributed by atoms with Gasteiger partial charge >= 0.3 is 5.97 Å². The average Bonchev–Trinajstić information content (AvgIpc) is 2.71. The average molecular weight is 459 g/mol. The number of fused-ring (bicyclic) bond motifs is 7. The highest BCUT2D eigenvalue weighted by molar-refractivity contribution is 5.76. The van der Waals surface area contributed by atoms with Crippen molar-refractivity contribution < 1.29 is 20.1 Å². The molecule has 5 rings (SSSR count). The molecule has 9 unspecified atom stereocenters. The molecule has 33 heavy (non-hydrogen) atoms. The number of hydrogen-bond acceptors (Lipinski definition) is 3. The summed E-state index contributed by atoms with van der Waals surface area (Å²) in [7, 11) is 0. The summed E-state index contributed by atoms with van der Waals surface area (Å²) < 4.78 is 0. The van der Waals surface area contributed by atoms with E-state index in [-0.39, 0.29) is 33.7 Å². The zero-order valence-electron chi connectivity index (χ0n) is 21.7. The minimum absolute atomic E-state index is 0.0266. The van der Waals surface area contributed by atoms with Crippen molar-refractivity contribution in [2.75, 3.05) is 0 Å². The summed E-state index contributed by atoms with van der Waals surface area (Å²) >= 11 is 0. The van der Waals surface area contributed by atoms with Gasteiger partial charge in [-0.25, -0.2) is 0 Å². The summed E-state index contributed by atoms with van der Waals surface area (Å²) in [6, 6.07) is 0. The fourth-order valence-electron chi connectivity index (χ4n) is 10.4. The quantitative estimate of drug-likeness (QED) is 0.424. The molecular formula is C29H46O4. The van der Waals surface area contributed by atoms with Crippen LogP contribution in [0, 0.1) is 44.8 Å². The van der Waals surface area contributed by atoms with Gasteiger partial charge in [-0.2, -0.15) is 0 Å². The van der Waals surface area contributed by atoms with Gasteiger partial charge in [0.05, 0.1) is 17.1 Å². The molecule has 4 saturated carbocycles. The molecule has 4 nitrogen and oxygen atoms in total. The van der Waals surface area contributed by atoms with E-state index in [0.717, 1.165) is 44.9 Å². The molecule has 5 aliphatic rings. The first-order valence-corrected chi connectivity index (χ1v) is 13.5. The Kier molecular flexibility index (Phi) is 4.97. The second-order valence-corrected chi connectivity index (χ2v) is 14.4. The van der Waals surface area contributed by atoms with Gasteiger partial charge in [0.1, 0.15) is 0 Å². The zero-order valence-corrected chi connectivity index (χ0v) is 21.7. The van der Waals surface area contributed by atoms with Gasteiger partial charge in [0.15, 0.2) is 0 Å². The van der Waals surface area contributed by atoms with Crippen molar-refractivity contribution in [3.05, 3.63) is 11.6 Å². The van der Waals surface area contributed by atoms with E-state index in [0.29, 0.717) is 31.1 Å². The Balaban J connectivity index is 1.60. The molecule has 0 bridgehead atoms. The zero-order chi connectivity index (χ0) is 24.2. The van der Waals surface area contributed by atoms with Crippen molar-refractivity contribution in [2.24, 2.45) is 44.8 Å². The van der Waals surface area contributed by atoms with E-state index in [1.807, 2.05) is 6.92 Å². The lowest BCUT2D eigenvalue weighted by Gasteiger charge is -2.71. The summed E-state index contributed by atoms with van der Waals surface area (Å²) in [5.74, 6) is 0.343. The summed E-state index contributed by atoms with van der Waals surface area (Å²) in [6.07, 6.45) is 10.9. The van der Waals surface area contributed by atoms with Gasteiger partial charge in [-0.1, -0.05) is 46.3 Å². The van der Waals surface area contributed by atoms with E-state index < -0.39 is 17.0 Å². The third-order valence-electron chi connectivity index (χ3n) is 12.8. The predicted octanol–water partition coefficient (Wildman–Crippen LogP) is 5.96. The molecule has 0 aromatic heterocycles. The largest absolute Gasteiger partial charge is 0.481 e. The van der Waals surface area contributed by atoms with Crippen LogP contribution in [0.4, 0.5) is 0 Å². The van der Waals surface area contributed by atoms with E-state index >= 15 is 0 Å². The van der Waals surface area contributed by atoms with Crippen molar-refractivity contribution in [2.45, 2.75) is 117 Å². The molecule has 9 atom stereocenters. The second kappa shape index (κ2) is 6.87. The topological polar surface area (TPSA) is 77.8 Å². The Morgan fingerprint density at radius 2 is 1.58 bits per heavy atom. The van der Waals surface area contributed by atoms with Crippen LogP contribution < -0.4 is 0 Å². The third-order valence-corrected chi connectivity index (χ3v) is 12.8. The lowest BCUT2D eigenvalue weighted by atomic mass is 9.33. The van der Waals surface area contributed by atoms with Gasteiger partial charge in [0, 0.05) is 0 Å². The fraction of sp³-hybridized carbons (Fsp3) is 0.897. The highest BCUT2D eigenvalue weighted by Gasteiger charge is 2.69. The number of carboxylic acid groups (broad SMARTS) is 1. The van der Waals surface area contributed by atoms with Gasteiger partial charge in [-0.15, -0.1) is 0 Å². The molecular weight excluding hydrogens is 412 g/mol. The van der Waals surface area contributed by atoms with Crippen molar-refractivity contribution in [1.29, 1.82) is 0 Å². The van der Waals surface area contributed by atoms with Crippen LogP contribution in [0.25, 0.3) is 0 Å². The van der Waals surface area contributed by atoms with Crippen LogP contribution in [0.15, 0.2) is 11.6 Å². The number of carboxylic acids is 1. The second-order valence-electron chi connectivity index (χ2n) is 14.4. The molecule has 0 heterocycles. The Labute approximate surface area is 200 Å².